The molecule has 0 aromatic rings. The molecule has 0 aromatic carbocycles. The quantitative estimate of drug-likeness (QED) is 0.472. The van der Waals surface area contributed by atoms with Crippen molar-refractivity contribution >= 4 is 25.2 Å². The Balaban J connectivity index is 4.72. The third kappa shape index (κ3) is 6.93. The van der Waals surface area contributed by atoms with Crippen molar-refractivity contribution in [2.75, 3.05) is 6.16 Å². The maximum atomic E-state index is 11.9. The van der Waals surface area contributed by atoms with E-state index >= 15 is 0 Å². The summed E-state index contributed by atoms with van der Waals surface area (Å²) in [7, 11) is -3.91. The lowest BCUT2D eigenvalue weighted by Crippen LogP contribution is -2.33. The number of aliphatic carboxylic acids is 2. The Labute approximate surface area is 110 Å². The van der Waals surface area contributed by atoms with Crippen molar-refractivity contribution in [3.05, 3.63) is 0 Å². The minimum Gasteiger partial charge on any atom is -0.481 e. The Bertz CT molecular complexity index is 409. The topological polar surface area (TPSA) is 141 Å². The van der Waals surface area contributed by atoms with Gasteiger partial charge in [0, 0.05) is 19.5 Å². The third-order valence-electron chi connectivity index (χ3n) is 2.56. The number of carboxylic acids is 2. The lowest BCUT2D eigenvalue weighted by Gasteiger charge is -2.22. The number of carboxylic acid groups (broad SMARTS) is 2. The SMILES string of the molecule is CC(=O)NC(C)P(=O)(O)CC(CCC(=O)O)C(=O)O. The summed E-state index contributed by atoms with van der Waals surface area (Å²) in [6, 6.07) is 0. The number of hydrogen-bond donors (Lipinski definition) is 4. The van der Waals surface area contributed by atoms with Crippen LogP contribution in [-0.4, -0.2) is 44.9 Å². The zero-order valence-electron chi connectivity index (χ0n) is 10.7. The molecule has 3 atom stereocenters. The molecule has 0 aliphatic carbocycles. The van der Waals surface area contributed by atoms with Crippen LogP contribution in [0.4, 0.5) is 0 Å². The Morgan fingerprint density at radius 2 is 1.79 bits per heavy atom. The fourth-order valence-corrected chi connectivity index (χ4v) is 3.13. The van der Waals surface area contributed by atoms with Gasteiger partial charge >= 0.3 is 11.9 Å². The van der Waals surface area contributed by atoms with Crippen molar-refractivity contribution in [3.63, 3.8) is 0 Å². The summed E-state index contributed by atoms with van der Waals surface area (Å²) in [5.74, 6) is -5.31. The molecule has 0 heterocycles. The second-order valence-corrected chi connectivity index (χ2v) is 6.93. The van der Waals surface area contributed by atoms with Gasteiger partial charge in [0.1, 0.15) is 5.78 Å². The van der Waals surface area contributed by atoms with Gasteiger partial charge < -0.3 is 20.4 Å². The van der Waals surface area contributed by atoms with E-state index in [0.29, 0.717) is 0 Å². The maximum Gasteiger partial charge on any atom is 0.307 e. The maximum absolute atomic E-state index is 11.9. The van der Waals surface area contributed by atoms with E-state index in [9.17, 15) is 23.8 Å². The summed E-state index contributed by atoms with van der Waals surface area (Å²) in [5.41, 5.74) is 0. The molecule has 110 valence electrons. The Kier molecular flexibility index (Phi) is 6.72. The Hall–Kier alpha value is -1.40. The third-order valence-corrected chi connectivity index (χ3v) is 4.86. The number of carbonyl (C=O) groups is 3. The molecule has 0 aliphatic heterocycles. The zero-order valence-corrected chi connectivity index (χ0v) is 11.6. The number of nitrogens with one attached hydrogen (secondary N) is 1. The molecule has 0 bridgehead atoms. The lowest BCUT2D eigenvalue weighted by molar-refractivity contribution is -0.142. The van der Waals surface area contributed by atoms with Gasteiger partial charge in [-0.2, -0.15) is 0 Å². The van der Waals surface area contributed by atoms with E-state index in [-0.39, 0.29) is 6.42 Å². The van der Waals surface area contributed by atoms with Gasteiger partial charge in [-0.05, 0) is 13.3 Å². The molecular formula is C10H18NO7P. The average Bonchev–Trinajstić information content (AvgIpc) is 2.22. The van der Waals surface area contributed by atoms with Gasteiger partial charge in [-0.25, -0.2) is 0 Å². The van der Waals surface area contributed by atoms with Crippen LogP contribution in [0.5, 0.6) is 0 Å². The highest BCUT2D eigenvalue weighted by Crippen LogP contribution is 2.47. The van der Waals surface area contributed by atoms with E-state index in [1.54, 1.807) is 0 Å². The molecule has 0 fully saturated rings. The second kappa shape index (κ2) is 7.25. The van der Waals surface area contributed by atoms with Gasteiger partial charge in [0.25, 0.3) is 0 Å². The highest BCUT2D eigenvalue weighted by atomic mass is 31.2. The molecule has 0 saturated heterocycles. The molecule has 0 saturated carbocycles. The molecule has 0 aliphatic rings. The molecule has 0 rings (SSSR count). The average molecular weight is 295 g/mol. The van der Waals surface area contributed by atoms with E-state index in [0.717, 1.165) is 0 Å². The van der Waals surface area contributed by atoms with E-state index in [2.05, 4.69) is 5.32 Å². The van der Waals surface area contributed by atoms with Gasteiger partial charge in [0.2, 0.25) is 13.3 Å². The van der Waals surface area contributed by atoms with Gasteiger partial charge in [-0.3, -0.25) is 18.9 Å². The van der Waals surface area contributed by atoms with Crippen LogP contribution in [0.3, 0.4) is 0 Å². The molecule has 19 heavy (non-hydrogen) atoms. The van der Waals surface area contributed by atoms with Crippen LogP contribution in [0.15, 0.2) is 0 Å². The minimum atomic E-state index is -3.91. The molecule has 0 aromatic heterocycles. The van der Waals surface area contributed by atoms with Crippen molar-refractivity contribution in [2.24, 2.45) is 5.92 Å². The fourth-order valence-electron chi connectivity index (χ4n) is 1.46. The van der Waals surface area contributed by atoms with Crippen LogP contribution >= 0.6 is 7.37 Å². The first-order valence-corrected chi connectivity index (χ1v) is 7.51. The number of rotatable bonds is 8. The molecule has 4 N–H and O–H groups in total. The summed E-state index contributed by atoms with van der Waals surface area (Å²) >= 11 is 0. The van der Waals surface area contributed by atoms with E-state index in [1.165, 1.54) is 13.8 Å². The highest BCUT2D eigenvalue weighted by Gasteiger charge is 2.34. The second-order valence-electron chi connectivity index (χ2n) is 4.28. The molecule has 9 heteroatoms. The van der Waals surface area contributed by atoms with Crippen molar-refractivity contribution in [2.45, 2.75) is 32.5 Å². The molecule has 0 spiro atoms. The number of carbonyl (C=O) groups excluding carboxylic acids is 1. The van der Waals surface area contributed by atoms with Gasteiger partial charge in [-0.1, -0.05) is 0 Å². The predicted octanol–water partition coefficient (Wildman–Crippen LogP) is 0.304. The molecular weight excluding hydrogens is 277 g/mol. The summed E-state index contributed by atoms with van der Waals surface area (Å²) in [6.45, 7) is 2.48. The standard InChI is InChI=1S/C10H18NO7P/c1-6(12)11-7(2)19(17,18)5-8(10(15)16)3-4-9(13)14/h7-8H,3-5H2,1-2H3,(H,11,12)(H,13,14)(H,15,16)(H,17,18). The molecule has 3 unspecified atom stereocenters. The minimum absolute atomic E-state index is 0.234. The smallest absolute Gasteiger partial charge is 0.307 e. The van der Waals surface area contributed by atoms with Crippen molar-refractivity contribution in [3.8, 4) is 0 Å². The van der Waals surface area contributed by atoms with Gasteiger partial charge in [0.15, 0.2) is 0 Å². The van der Waals surface area contributed by atoms with Crippen LogP contribution in [-0.2, 0) is 18.9 Å². The summed E-state index contributed by atoms with van der Waals surface area (Å²) in [4.78, 5) is 41.9. The molecule has 0 radical (unpaired) electrons. The van der Waals surface area contributed by atoms with E-state index in [1.807, 2.05) is 0 Å². The molecule has 1 amide bonds. The van der Waals surface area contributed by atoms with E-state index < -0.39 is 49.5 Å². The lowest BCUT2D eigenvalue weighted by atomic mass is 10.1. The van der Waals surface area contributed by atoms with Crippen LogP contribution in [0.25, 0.3) is 0 Å². The van der Waals surface area contributed by atoms with Crippen LogP contribution < -0.4 is 5.32 Å². The van der Waals surface area contributed by atoms with Crippen LogP contribution in [0.1, 0.15) is 26.7 Å². The summed E-state index contributed by atoms with van der Waals surface area (Å²) in [6.07, 6.45) is -1.20. The van der Waals surface area contributed by atoms with Crippen LogP contribution in [0, 0.1) is 5.92 Å². The monoisotopic (exact) mass is 295 g/mol. The van der Waals surface area contributed by atoms with Crippen molar-refractivity contribution in [1.29, 1.82) is 0 Å². The molecule has 8 nitrogen and oxygen atoms in total. The van der Waals surface area contributed by atoms with Crippen molar-refractivity contribution < 1.29 is 34.1 Å². The highest BCUT2D eigenvalue weighted by molar-refractivity contribution is 7.58. The first-order chi connectivity index (χ1) is 8.56. The Morgan fingerprint density at radius 3 is 2.16 bits per heavy atom. The zero-order chi connectivity index (χ0) is 15.2. The van der Waals surface area contributed by atoms with Crippen molar-refractivity contribution in [1.82, 2.24) is 5.32 Å². The largest absolute Gasteiger partial charge is 0.481 e. The number of amides is 1. The van der Waals surface area contributed by atoms with Gasteiger partial charge in [-0.15, -0.1) is 0 Å². The predicted molar refractivity (Wildman–Crippen MR) is 66.0 cm³/mol. The van der Waals surface area contributed by atoms with Crippen LogP contribution in [0.2, 0.25) is 0 Å². The fraction of sp³-hybridized carbons (Fsp3) is 0.700. The number of hydrogen-bond acceptors (Lipinski definition) is 4. The first-order valence-electron chi connectivity index (χ1n) is 5.59. The van der Waals surface area contributed by atoms with E-state index in [4.69, 9.17) is 10.2 Å². The van der Waals surface area contributed by atoms with Gasteiger partial charge in [0.05, 0.1) is 5.92 Å². The summed E-state index contributed by atoms with van der Waals surface area (Å²) < 4.78 is 11.9. The Morgan fingerprint density at radius 1 is 1.26 bits per heavy atom. The first kappa shape index (κ1) is 17.6. The summed E-state index contributed by atoms with van der Waals surface area (Å²) in [5, 5.41) is 19.6. The normalized spacial score (nSPS) is 17.0.